The fourth-order valence-corrected chi connectivity index (χ4v) is 2.59. The fraction of sp³-hybridized carbons (Fsp3) is 0.467. The summed E-state index contributed by atoms with van der Waals surface area (Å²) in [5.41, 5.74) is 4.70. The molecule has 0 spiro atoms. The summed E-state index contributed by atoms with van der Waals surface area (Å²) in [6.45, 7) is -0.323. The average Bonchev–Trinajstić information content (AvgIpc) is 2.52. The van der Waals surface area contributed by atoms with Crippen LogP contribution in [0, 0.1) is 11.7 Å². The lowest BCUT2D eigenvalue weighted by molar-refractivity contribution is -0.132. The molecule has 5 nitrogen and oxygen atoms in total. The number of hydrogen-bond donors (Lipinski definition) is 2. The van der Waals surface area contributed by atoms with E-state index in [0.29, 0.717) is 0 Å². The maximum Gasteiger partial charge on any atom is 0.276 e. The largest absolute Gasteiger partial charge is 0.482 e. The molecule has 0 heterocycles. The molecule has 0 aromatic heterocycles. The van der Waals surface area contributed by atoms with Gasteiger partial charge in [-0.15, -0.1) is 0 Å². The highest BCUT2D eigenvalue weighted by molar-refractivity contribution is 6.32. The van der Waals surface area contributed by atoms with Gasteiger partial charge >= 0.3 is 0 Å². The highest BCUT2D eigenvalue weighted by Gasteiger charge is 2.21. The van der Waals surface area contributed by atoms with E-state index in [0.717, 1.165) is 38.2 Å². The Morgan fingerprint density at radius 2 is 1.95 bits per heavy atom. The molecule has 2 amide bonds. The summed E-state index contributed by atoms with van der Waals surface area (Å²) < 4.78 is 18.0. The minimum Gasteiger partial charge on any atom is -0.482 e. The molecule has 2 rings (SSSR count). The van der Waals surface area contributed by atoms with Crippen LogP contribution in [0.4, 0.5) is 4.39 Å². The summed E-state index contributed by atoms with van der Waals surface area (Å²) in [7, 11) is 0. The highest BCUT2D eigenvalue weighted by Crippen LogP contribution is 2.25. The summed E-state index contributed by atoms with van der Waals surface area (Å²) in [6, 6.07) is 3.62. The lowest BCUT2D eigenvalue weighted by Crippen LogP contribution is -2.46. The SMILES string of the molecule is O=C(COc1ccc(F)cc1Cl)NNC(=O)C1CCCCC1. The summed E-state index contributed by atoms with van der Waals surface area (Å²) in [5.74, 6) is -1.00. The highest BCUT2D eigenvalue weighted by atomic mass is 35.5. The molecule has 0 radical (unpaired) electrons. The van der Waals surface area contributed by atoms with Crippen LogP contribution in [0.1, 0.15) is 32.1 Å². The second-order valence-electron chi connectivity index (χ2n) is 5.24. The van der Waals surface area contributed by atoms with Gasteiger partial charge in [0.15, 0.2) is 6.61 Å². The maximum atomic E-state index is 12.9. The number of ether oxygens (including phenoxy) is 1. The number of hydrogen-bond acceptors (Lipinski definition) is 3. The smallest absolute Gasteiger partial charge is 0.276 e. The molecule has 1 saturated carbocycles. The quantitative estimate of drug-likeness (QED) is 0.835. The Labute approximate surface area is 133 Å². The van der Waals surface area contributed by atoms with Crippen molar-refractivity contribution in [2.24, 2.45) is 5.92 Å². The van der Waals surface area contributed by atoms with Gasteiger partial charge < -0.3 is 4.74 Å². The second kappa shape index (κ2) is 7.98. The standard InChI is InChI=1S/C15H18ClFN2O3/c16-12-8-11(17)6-7-13(12)22-9-14(20)18-19-15(21)10-4-2-1-3-5-10/h6-8,10H,1-5,9H2,(H,18,20)(H,19,21). The van der Waals surface area contributed by atoms with E-state index in [-0.39, 0.29) is 29.2 Å². The zero-order valence-corrected chi connectivity index (χ0v) is 12.8. The first-order valence-corrected chi connectivity index (χ1v) is 7.60. The van der Waals surface area contributed by atoms with Crippen molar-refractivity contribution in [1.29, 1.82) is 0 Å². The number of benzene rings is 1. The normalized spacial score (nSPS) is 15.2. The lowest BCUT2D eigenvalue weighted by Gasteiger charge is -2.20. The number of carbonyl (C=O) groups excluding carboxylic acids is 2. The summed E-state index contributed by atoms with van der Waals surface area (Å²) >= 11 is 5.78. The summed E-state index contributed by atoms with van der Waals surface area (Å²) in [5, 5.41) is 0.0824. The summed E-state index contributed by atoms with van der Waals surface area (Å²) in [4.78, 5) is 23.5. The third-order valence-electron chi connectivity index (χ3n) is 3.55. The van der Waals surface area contributed by atoms with Crippen molar-refractivity contribution < 1.29 is 18.7 Å². The van der Waals surface area contributed by atoms with Crippen LogP contribution in [0.2, 0.25) is 5.02 Å². The van der Waals surface area contributed by atoms with E-state index in [4.69, 9.17) is 16.3 Å². The minimum absolute atomic E-state index is 0.0403. The Bertz CT molecular complexity index is 548. The van der Waals surface area contributed by atoms with Gasteiger partial charge in [0.05, 0.1) is 5.02 Å². The molecule has 1 fully saturated rings. The molecule has 120 valence electrons. The number of rotatable bonds is 4. The molecule has 0 aliphatic heterocycles. The van der Waals surface area contributed by atoms with Crippen LogP contribution >= 0.6 is 11.6 Å². The Hall–Kier alpha value is -1.82. The van der Waals surface area contributed by atoms with Crippen molar-refractivity contribution >= 4 is 23.4 Å². The molecular weight excluding hydrogens is 311 g/mol. The Morgan fingerprint density at radius 3 is 2.64 bits per heavy atom. The molecule has 1 aromatic rings. The van der Waals surface area contributed by atoms with Crippen LogP contribution in [-0.2, 0) is 9.59 Å². The van der Waals surface area contributed by atoms with Gasteiger partial charge in [-0.25, -0.2) is 4.39 Å². The molecule has 2 N–H and O–H groups in total. The predicted molar refractivity (Wildman–Crippen MR) is 79.8 cm³/mol. The van der Waals surface area contributed by atoms with E-state index >= 15 is 0 Å². The number of nitrogens with one attached hydrogen (secondary N) is 2. The topological polar surface area (TPSA) is 67.4 Å². The summed E-state index contributed by atoms with van der Waals surface area (Å²) in [6.07, 6.45) is 4.94. The minimum atomic E-state index is -0.510. The van der Waals surface area contributed by atoms with Gasteiger partial charge in [0.2, 0.25) is 5.91 Å². The third-order valence-corrected chi connectivity index (χ3v) is 3.85. The molecule has 7 heteroatoms. The van der Waals surface area contributed by atoms with Gasteiger partial charge in [-0.3, -0.25) is 20.4 Å². The van der Waals surface area contributed by atoms with Crippen LogP contribution in [0.25, 0.3) is 0 Å². The number of hydrazine groups is 1. The van der Waals surface area contributed by atoms with Crippen LogP contribution in [0.3, 0.4) is 0 Å². The third kappa shape index (κ3) is 4.87. The van der Waals surface area contributed by atoms with E-state index < -0.39 is 11.7 Å². The zero-order chi connectivity index (χ0) is 15.9. The van der Waals surface area contributed by atoms with Crippen molar-refractivity contribution in [3.63, 3.8) is 0 Å². The van der Waals surface area contributed by atoms with E-state index in [1.54, 1.807) is 0 Å². The first-order chi connectivity index (χ1) is 10.6. The molecule has 1 aliphatic carbocycles. The molecular formula is C15H18ClFN2O3. The molecule has 1 aromatic carbocycles. The van der Waals surface area contributed by atoms with Gasteiger partial charge in [-0.1, -0.05) is 30.9 Å². The van der Waals surface area contributed by atoms with Gasteiger partial charge in [0, 0.05) is 5.92 Å². The molecule has 0 saturated heterocycles. The second-order valence-corrected chi connectivity index (χ2v) is 5.64. The monoisotopic (exact) mass is 328 g/mol. The number of carbonyl (C=O) groups is 2. The van der Waals surface area contributed by atoms with Crippen molar-refractivity contribution in [2.75, 3.05) is 6.61 Å². The first kappa shape index (κ1) is 16.5. The molecule has 0 atom stereocenters. The van der Waals surface area contributed by atoms with Gasteiger partial charge in [-0.2, -0.15) is 0 Å². The van der Waals surface area contributed by atoms with Crippen molar-refractivity contribution in [3.8, 4) is 5.75 Å². The molecule has 0 unspecified atom stereocenters. The Balaban J connectivity index is 1.72. The van der Waals surface area contributed by atoms with E-state index in [1.165, 1.54) is 12.1 Å². The average molecular weight is 329 g/mol. The maximum absolute atomic E-state index is 12.9. The van der Waals surface area contributed by atoms with Crippen molar-refractivity contribution in [2.45, 2.75) is 32.1 Å². The molecule has 22 heavy (non-hydrogen) atoms. The Morgan fingerprint density at radius 1 is 1.23 bits per heavy atom. The van der Waals surface area contributed by atoms with Crippen LogP contribution in [-0.4, -0.2) is 18.4 Å². The van der Waals surface area contributed by atoms with E-state index in [2.05, 4.69) is 10.9 Å². The Kier molecular flexibility index (Phi) is 6.00. The molecule has 0 bridgehead atoms. The van der Waals surface area contributed by atoms with Gasteiger partial charge in [0.1, 0.15) is 11.6 Å². The van der Waals surface area contributed by atoms with Crippen LogP contribution in [0.15, 0.2) is 18.2 Å². The van der Waals surface area contributed by atoms with E-state index in [9.17, 15) is 14.0 Å². The van der Waals surface area contributed by atoms with E-state index in [1.807, 2.05) is 0 Å². The zero-order valence-electron chi connectivity index (χ0n) is 12.0. The van der Waals surface area contributed by atoms with Crippen LogP contribution in [0.5, 0.6) is 5.75 Å². The lowest BCUT2D eigenvalue weighted by atomic mass is 9.89. The predicted octanol–water partition coefficient (Wildman–Crippen LogP) is 2.59. The number of amides is 2. The first-order valence-electron chi connectivity index (χ1n) is 7.23. The van der Waals surface area contributed by atoms with Gasteiger partial charge in [0.25, 0.3) is 5.91 Å². The number of halogens is 2. The van der Waals surface area contributed by atoms with Crippen molar-refractivity contribution in [3.05, 3.63) is 29.0 Å². The fourth-order valence-electron chi connectivity index (χ4n) is 2.37. The van der Waals surface area contributed by atoms with Gasteiger partial charge in [-0.05, 0) is 31.0 Å². The molecule has 1 aliphatic rings. The van der Waals surface area contributed by atoms with Crippen molar-refractivity contribution in [1.82, 2.24) is 10.9 Å². The van der Waals surface area contributed by atoms with Crippen LogP contribution < -0.4 is 15.6 Å².